The van der Waals surface area contributed by atoms with Crippen molar-refractivity contribution in [3.05, 3.63) is 52.0 Å². The van der Waals surface area contributed by atoms with Crippen molar-refractivity contribution in [2.45, 2.75) is 38.4 Å². The van der Waals surface area contributed by atoms with Crippen LogP contribution < -0.4 is 0 Å². The number of aromatic nitrogens is 1. The molecule has 2 atom stereocenters. The largest absolute Gasteiger partial charge is 0.333 e. The molecule has 3 heterocycles. The maximum absolute atomic E-state index is 12.6. The lowest BCUT2D eigenvalue weighted by atomic mass is 10.1. The Labute approximate surface area is 140 Å². The molecule has 2 aliphatic rings. The van der Waals surface area contributed by atoms with Gasteiger partial charge in [0.2, 0.25) is 0 Å². The first-order chi connectivity index (χ1) is 11.2. The second-order valence-corrected chi connectivity index (χ2v) is 7.26. The van der Waals surface area contributed by atoms with E-state index >= 15 is 0 Å². The van der Waals surface area contributed by atoms with Crippen molar-refractivity contribution < 1.29 is 4.79 Å². The van der Waals surface area contributed by atoms with Gasteiger partial charge in [-0.3, -0.25) is 9.69 Å². The average Bonchev–Trinajstić information content (AvgIpc) is 3.25. The number of hydrogen-bond acceptors (Lipinski definition) is 4. The van der Waals surface area contributed by atoms with Crippen LogP contribution in [0.2, 0.25) is 0 Å². The Hall–Kier alpha value is -1.72. The summed E-state index contributed by atoms with van der Waals surface area (Å²) in [4.78, 5) is 21.4. The molecule has 2 aliphatic heterocycles. The predicted octanol–water partition coefficient (Wildman–Crippen LogP) is 2.94. The number of fused-ring (bicyclic) bond motifs is 1. The van der Waals surface area contributed by atoms with Crippen molar-refractivity contribution in [3.63, 3.8) is 0 Å². The minimum atomic E-state index is 0.108. The fourth-order valence-electron chi connectivity index (χ4n) is 4.03. The molecule has 1 aromatic heterocycles. The van der Waals surface area contributed by atoms with E-state index in [2.05, 4.69) is 46.0 Å². The van der Waals surface area contributed by atoms with Crippen LogP contribution in [0.1, 0.15) is 34.5 Å². The highest BCUT2D eigenvalue weighted by Gasteiger charge is 2.44. The van der Waals surface area contributed by atoms with Crippen molar-refractivity contribution in [3.8, 4) is 0 Å². The minimum absolute atomic E-state index is 0.108. The molecule has 2 saturated heterocycles. The van der Waals surface area contributed by atoms with Crippen molar-refractivity contribution in [1.29, 1.82) is 0 Å². The van der Waals surface area contributed by atoms with Gasteiger partial charge in [0.15, 0.2) is 0 Å². The van der Waals surface area contributed by atoms with Gasteiger partial charge in [-0.15, -0.1) is 11.3 Å². The van der Waals surface area contributed by atoms with Gasteiger partial charge in [-0.25, -0.2) is 4.98 Å². The van der Waals surface area contributed by atoms with E-state index in [0.717, 1.165) is 32.5 Å². The van der Waals surface area contributed by atoms with E-state index in [4.69, 9.17) is 0 Å². The third kappa shape index (κ3) is 2.79. The molecule has 5 heteroatoms. The number of carbonyl (C=O) groups excluding carboxylic acids is 1. The molecule has 1 aromatic carbocycles. The summed E-state index contributed by atoms with van der Waals surface area (Å²) in [6.45, 7) is 5.06. The van der Waals surface area contributed by atoms with Crippen molar-refractivity contribution in [2.75, 3.05) is 13.1 Å². The monoisotopic (exact) mass is 327 g/mol. The molecular weight excluding hydrogens is 306 g/mol. The maximum Gasteiger partial charge on any atom is 0.273 e. The first-order valence-corrected chi connectivity index (χ1v) is 9.15. The molecular formula is C18H21N3OS. The fraction of sp³-hybridized carbons (Fsp3) is 0.444. The summed E-state index contributed by atoms with van der Waals surface area (Å²) >= 11 is 1.49. The minimum Gasteiger partial charge on any atom is -0.333 e. The summed E-state index contributed by atoms with van der Waals surface area (Å²) in [6.07, 6.45) is 2.15. The summed E-state index contributed by atoms with van der Waals surface area (Å²) in [5.74, 6) is 0.108. The van der Waals surface area contributed by atoms with Gasteiger partial charge in [-0.1, -0.05) is 29.8 Å². The molecule has 23 heavy (non-hydrogen) atoms. The van der Waals surface area contributed by atoms with Gasteiger partial charge in [-0.05, 0) is 25.3 Å². The zero-order valence-electron chi connectivity index (χ0n) is 13.3. The molecule has 0 spiro atoms. The number of benzene rings is 1. The lowest BCUT2D eigenvalue weighted by Crippen LogP contribution is -2.39. The Morgan fingerprint density at radius 3 is 2.96 bits per heavy atom. The summed E-state index contributed by atoms with van der Waals surface area (Å²) in [6, 6.07) is 9.59. The third-order valence-electron chi connectivity index (χ3n) is 5.07. The lowest BCUT2D eigenvalue weighted by molar-refractivity contribution is 0.0727. The van der Waals surface area contributed by atoms with Gasteiger partial charge in [0.25, 0.3) is 5.91 Å². The van der Waals surface area contributed by atoms with Gasteiger partial charge in [-0.2, -0.15) is 0 Å². The van der Waals surface area contributed by atoms with Crippen LogP contribution in [0, 0.1) is 6.92 Å². The van der Waals surface area contributed by atoms with Gasteiger partial charge in [0.1, 0.15) is 5.69 Å². The van der Waals surface area contributed by atoms with E-state index < -0.39 is 0 Å². The Kier molecular flexibility index (Phi) is 3.91. The quantitative estimate of drug-likeness (QED) is 0.870. The average molecular weight is 327 g/mol. The van der Waals surface area contributed by atoms with E-state index in [0.29, 0.717) is 17.8 Å². The van der Waals surface area contributed by atoms with E-state index in [1.807, 2.05) is 5.38 Å². The Balaban J connectivity index is 1.46. The molecule has 4 rings (SSSR count). The summed E-state index contributed by atoms with van der Waals surface area (Å²) in [7, 11) is 0. The highest BCUT2D eigenvalue weighted by molar-refractivity contribution is 7.07. The van der Waals surface area contributed by atoms with E-state index in [1.165, 1.54) is 22.5 Å². The van der Waals surface area contributed by atoms with Crippen molar-refractivity contribution >= 4 is 17.2 Å². The molecule has 0 radical (unpaired) electrons. The number of thiazole rings is 1. The summed E-state index contributed by atoms with van der Waals surface area (Å²) in [5.41, 5.74) is 5.02. The van der Waals surface area contributed by atoms with Crippen molar-refractivity contribution in [2.24, 2.45) is 0 Å². The van der Waals surface area contributed by atoms with Crippen LogP contribution in [-0.4, -0.2) is 45.9 Å². The Morgan fingerprint density at radius 1 is 1.30 bits per heavy atom. The zero-order valence-corrected chi connectivity index (χ0v) is 14.1. The number of nitrogens with zero attached hydrogens (tertiary/aromatic N) is 3. The number of likely N-dealkylation sites (tertiary alicyclic amines) is 2. The first-order valence-electron chi connectivity index (χ1n) is 8.21. The summed E-state index contributed by atoms with van der Waals surface area (Å²) < 4.78 is 0. The maximum atomic E-state index is 12.6. The molecule has 2 fully saturated rings. The molecule has 2 aromatic rings. The normalized spacial score (nSPS) is 24.1. The van der Waals surface area contributed by atoms with Gasteiger partial charge >= 0.3 is 0 Å². The highest BCUT2D eigenvalue weighted by Crippen LogP contribution is 2.33. The number of amides is 1. The topological polar surface area (TPSA) is 36.4 Å². The van der Waals surface area contributed by atoms with Gasteiger partial charge in [0, 0.05) is 37.1 Å². The molecule has 0 unspecified atom stereocenters. The van der Waals surface area contributed by atoms with Crippen LogP contribution in [0.25, 0.3) is 0 Å². The van der Waals surface area contributed by atoms with E-state index in [9.17, 15) is 4.79 Å². The SMILES string of the molecule is Cc1cccc(CN2CC[C@@H]3[C@@H]2CCN3C(=O)c2cscn2)c1. The highest BCUT2D eigenvalue weighted by atomic mass is 32.1. The number of rotatable bonds is 3. The van der Waals surface area contributed by atoms with Crippen LogP contribution in [0.3, 0.4) is 0 Å². The Morgan fingerprint density at radius 2 is 2.17 bits per heavy atom. The van der Waals surface area contributed by atoms with E-state index in [-0.39, 0.29) is 5.91 Å². The van der Waals surface area contributed by atoms with Crippen molar-refractivity contribution in [1.82, 2.24) is 14.8 Å². The van der Waals surface area contributed by atoms with E-state index in [1.54, 1.807) is 5.51 Å². The van der Waals surface area contributed by atoms with Crippen LogP contribution in [0.4, 0.5) is 0 Å². The zero-order chi connectivity index (χ0) is 15.8. The van der Waals surface area contributed by atoms with Crippen LogP contribution in [0.5, 0.6) is 0 Å². The number of hydrogen-bond donors (Lipinski definition) is 0. The molecule has 0 bridgehead atoms. The smallest absolute Gasteiger partial charge is 0.273 e. The van der Waals surface area contributed by atoms with Gasteiger partial charge in [0.05, 0.1) is 5.51 Å². The third-order valence-corrected chi connectivity index (χ3v) is 5.66. The molecule has 0 aliphatic carbocycles. The molecule has 0 saturated carbocycles. The van der Waals surface area contributed by atoms with Gasteiger partial charge < -0.3 is 4.90 Å². The molecule has 4 nitrogen and oxygen atoms in total. The number of carbonyl (C=O) groups is 1. The Bertz CT molecular complexity index is 700. The molecule has 0 N–H and O–H groups in total. The van der Waals surface area contributed by atoms with Crippen LogP contribution >= 0.6 is 11.3 Å². The number of aryl methyl sites for hydroxylation is 1. The predicted molar refractivity (Wildman–Crippen MR) is 91.5 cm³/mol. The standard InChI is InChI=1S/C18H21N3OS/c1-13-3-2-4-14(9-13)10-20-7-5-17-16(20)6-8-21(17)18(22)15-11-23-12-19-15/h2-4,9,11-12,16-17H,5-8,10H2,1H3/t16-,17+/m0/s1. The first kappa shape index (κ1) is 14.8. The second kappa shape index (κ2) is 6.06. The van der Waals surface area contributed by atoms with Crippen LogP contribution in [0.15, 0.2) is 35.2 Å². The lowest BCUT2D eigenvalue weighted by Gasteiger charge is -2.25. The summed E-state index contributed by atoms with van der Waals surface area (Å²) in [5, 5.41) is 1.86. The fourth-order valence-corrected chi connectivity index (χ4v) is 4.56. The molecule has 120 valence electrons. The second-order valence-electron chi connectivity index (χ2n) is 6.54. The van der Waals surface area contributed by atoms with Crippen LogP contribution in [-0.2, 0) is 6.54 Å². The molecule has 1 amide bonds.